The second-order valence-corrected chi connectivity index (χ2v) is 8.08. The molecule has 18 heavy (non-hydrogen) atoms. The summed E-state index contributed by atoms with van der Waals surface area (Å²) in [6.07, 6.45) is 0. The molecule has 0 unspecified atom stereocenters. The van der Waals surface area contributed by atoms with Crippen LogP contribution < -0.4 is 5.32 Å². The predicted octanol–water partition coefficient (Wildman–Crippen LogP) is 2.65. The van der Waals surface area contributed by atoms with E-state index in [1.165, 1.54) is 15.6 Å². The van der Waals surface area contributed by atoms with Gasteiger partial charge in [-0.3, -0.25) is 0 Å². The minimum Gasteiger partial charge on any atom is -0.312 e. The minimum absolute atomic E-state index is 0.379. The van der Waals surface area contributed by atoms with Gasteiger partial charge in [0.1, 0.15) is 4.90 Å². The van der Waals surface area contributed by atoms with Crippen molar-refractivity contribution in [1.82, 2.24) is 9.62 Å². The van der Waals surface area contributed by atoms with Crippen LogP contribution in [0.3, 0.4) is 0 Å². The summed E-state index contributed by atoms with van der Waals surface area (Å²) in [4.78, 5) is 1.40. The van der Waals surface area contributed by atoms with Gasteiger partial charge in [0.15, 0.2) is 0 Å². The van der Waals surface area contributed by atoms with Gasteiger partial charge >= 0.3 is 0 Å². The van der Waals surface area contributed by atoms with E-state index in [2.05, 4.69) is 21.2 Å². The van der Waals surface area contributed by atoms with E-state index >= 15 is 0 Å². The Morgan fingerprint density at radius 2 is 1.94 bits per heavy atom. The van der Waals surface area contributed by atoms with Gasteiger partial charge in [-0.05, 0) is 28.5 Å². The van der Waals surface area contributed by atoms with Crippen LogP contribution >= 0.6 is 27.3 Å². The summed E-state index contributed by atoms with van der Waals surface area (Å²) in [6, 6.07) is 1.76. The molecule has 0 bridgehead atoms. The standard InChI is InChI=1S/C11H19BrN2O2S2/c1-4-13-8-9-7-10(11(12)17-9)18(15,16)14(5-2)6-3/h7,13H,4-6,8H2,1-3H3. The molecule has 1 N–H and O–H groups in total. The largest absolute Gasteiger partial charge is 0.312 e. The average Bonchev–Trinajstić information content (AvgIpc) is 2.70. The lowest BCUT2D eigenvalue weighted by Gasteiger charge is -2.17. The van der Waals surface area contributed by atoms with Crippen LogP contribution in [0.25, 0.3) is 0 Å². The second kappa shape index (κ2) is 7.00. The summed E-state index contributed by atoms with van der Waals surface area (Å²) in [5.41, 5.74) is 0. The van der Waals surface area contributed by atoms with Gasteiger partial charge in [0.2, 0.25) is 10.0 Å². The zero-order valence-corrected chi connectivity index (χ0v) is 14.1. The molecule has 1 rings (SSSR count). The molecule has 1 aromatic heterocycles. The van der Waals surface area contributed by atoms with Gasteiger partial charge in [0.25, 0.3) is 0 Å². The molecule has 0 atom stereocenters. The van der Waals surface area contributed by atoms with E-state index in [0.717, 1.165) is 11.4 Å². The summed E-state index contributed by atoms with van der Waals surface area (Å²) in [6.45, 7) is 8.27. The molecule has 0 amide bonds. The number of thiophene rings is 1. The highest BCUT2D eigenvalue weighted by molar-refractivity contribution is 9.11. The molecule has 0 radical (unpaired) electrons. The SMILES string of the molecule is CCNCc1cc(S(=O)(=O)N(CC)CC)c(Br)s1. The van der Waals surface area contributed by atoms with Crippen LogP contribution in [0.4, 0.5) is 0 Å². The first-order valence-electron chi connectivity index (χ1n) is 5.96. The first-order valence-corrected chi connectivity index (χ1v) is 9.01. The van der Waals surface area contributed by atoms with E-state index in [9.17, 15) is 8.42 Å². The van der Waals surface area contributed by atoms with Crippen molar-refractivity contribution in [3.63, 3.8) is 0 Å². The number of rotatable bonds is 7. The highest BCUT2D eigenvalue weighted by atomic mass is 79.9. The summed E-state index contributed by atoms with van der Waals surface area (Å²) < 4.78 is 26.9. The van der Waals surface area contributed by atoms with E-state index in [1.807, 2.05) is 20.8 Å². The number of nitrogens with one attached hydrogen (secondary N) is 1. The van der Waals surface area contributed by atoms with Crippen molar-refractivity contribution in [1.29, 1.82) is 0 Å². The summed E-state index contributed by atoms with van der Waals surface area (Å²) in [5.74, 6) is 0. The fraction of sp³-hybridized carbons (Fsp3) is 0.636. The van der Waals surface area contributed by atoms with E-state index < -0.39 is 10.0 Å². The molecule has 0 aliphatic carbocycles. The lowest BCUT2D eigenvalue weighted by Crippen LogP contribution is -2.30. The Balaban J connectivity index is 3.05. The Morgan fingerprint density at radius 1 is 1.33 bits per heavy atom. The van der Waals surface area contributed by atoms with Gasteiger partial charge in [0.05, 0.1) is 3.79 Å². The van der Waals surface area contributed by atoms with E-state index in [0.29, 0.717) is 28.3 Å². The minimum atomic E-state index is -3.37. The second-order valence-electron chi connectivity index (χ2n) is 3.72. The van der Waals surface area contributed by atoms with Gasteiger partial charge < -0.3 is 5.32 Å². The van der Waals surface area contributed by atoms with Gasteiger partial charge in [-0.1, -0.05) is 20.8 Å². The van der Waals surface area contributed by atoms with Crippen LogP contribution in [0.1, 0.15) is 25.6 Å². The zero-order valence-electron chi connectivity index (χ0n) is 10.9. The molecule has 7 heteroatoms. The van der Waals surface area contributed by atoms with E-state index in [1.54, 1.807) is 6.07 Å². The molecule has 0 saturated carbocycles. The van der Waals surface area contributed by atoms with Crippen molar-refractivity contribution >= 4 is 37.3 Å². The monoisotopic (exact) mass is 354 g/mol. The number of hydrogen-bond donors (Lipinski definition) is 1. The number of sulfonamides is 1. The molecule has 0 aliphatic heterocycles. The molecule has 0 saturated heterocycles. The fourth-order valence-corrected chi connectivity index (χ4v) is 5.67. The van der Waals surface area contributed by atoms with Gasteiger partial charge in [0, 0.05) is 24.5 Å². The van der Waals surface area contributed by atoms with Crippen LogP contribution in [0.2, 0.25) is 0 Å². The number of halogens is 1. The van der Waals surface area contributed by atoms with Crippen LogP contribution in [0.5, 0.6) is 0 Å². The molecule has 104 valence electrons. The van der Waals surface area contributed by atoms with Crippen molar-refractivity contribution in [2.45, 2.75) is 32.2 Å². The van der Waals surface area contributed by atoms with Crippen molar-refractivity contribution in [3.8, 4) is 0 Å². The lowest BCUT2D eigenvalue weighted by molar-refractivity contribution is 0.445. The van der Waals surface area contributed by atoms with Crippen molar-refractivity contribution in [2.24, 2.45) is 0 Å². The van der Waals surface area contributed by atoms with Crippen LogP contribution in [-0.2, 0) is 16.6 Å². The Kier molecular flexibility index (Phi) is 6.26. The van der Waals surface area contributed by atoms with Crippen LogP contribution in [0.15, 0.2) is 14.7 Å². The highest BCUT2D eigenvalue weighted by Gasteiger charge is 2.26. The third-order valence-electron chi connectivity index (χ3n) is 2.58. The van der Waals surface area contributed by atoms with Crippen molar-refractivity contribution in [2.75, 3.05) is 19.6 Å². The number of hydrogen-bond acceptors (Lipinski definition) is 4. The summed E-state index contributed by atoms with van der Waals surface area (Å²) in [5, 5.41) is 3.19. The normalized spacial score (nSPS) is 12.3. The first-order chi connectivity index (χ1) is 8.47. The molecule has 0 spiro atoms. The Morgan fingerprint density at radius 3 is 2.44 bits per heavy atom. The summed E-state index contributed by atoms with van der Waals surface area (Å²) in [7, 11) is -3.37. The molecule has 1 heterocycles. The smallest absolute Gasteiger partial charge is 0.245 e. The predicted molar refractivity (Wildman–Crippen MR) is 79.5 cm³/mol. The first kappa shape index (κ1) is 16.1. The topological polar surface area (TPSA) is 49.4 Å². The highest BCUT2D eigenvalue weighted by Crippen LogP contribution is 2.33. The van der Waals surface area contributed by atoms with E-state index in [4.69, 9.17) is 0 Å². The van der Waals surface area contributed by atoms with Crippen LogP contribution in [0, 0.1) is 0 Å². The maximum absolute atomic E-state index is 12.4. The molecule has 0 aliphatic rings. The fourth-order valence-electron chi connectivity index (χ4n) is 1.61. The maximum Gasteiger partial charge on any atom is 0.245 e. The average molecular weight is 355 g/mol. The molecule has 4 nitrogen and oxygen atoms in total. The Labute approximate surface area is 122 Å². The van der Waals surface area contributed by atoms with Gasteiger partial charge in [-0.2, -0.15) is 4.31 Å². The molecule has 0 fully saturated rings. The van der Waals surface area contributed by atoms with Gasteiger partial charge in [-0.25, -0.2) is 8.42 Å². The van der Waals surface area contributed by atoms with E-state index in [-0.39, 0.29) is 0 Å². The quantitative estimate of drug-likeness (QED) is 0.818. The Hall–Kier alpha value is 0.0500. The molecule has 1 aromatic rings. The maximum atomic E-state index is 12.4. The number of nitrogens with zero attached hydrogens (tertiary/aromatic N) is 1. The summed E-state index contributed by atoms with van der Waals surface area (Å²) >= 11 is 4.82. The lowest BCUT2D eigenvalue weighted by atomic mass is 10.4. The third-order valence-corrected chi connectivity index (χ3v) is 6.88. The van der Waals surface area contributed by atoms with Crippen LogP contribution in [-0.4, -0.2) is 32.4 Å². The van der Waals surface area contributed by atoms with Crippen molar-refractivity contribution < 1.29 is 8.42 Å². The third kappa shape index (κ3) is 3.54. The molecular formula is C11H19BrN2O2S2. The Bertz CT molecular complexity index is 481. The molecule has 0 aromatic carbocycles. The molecular weight excluding hydrogens is 336 g/mol. The van der Waals surface area contributed by atoms with Crippen molar-refractivity contribution in [3.05, 3.63) is 14.7 Å². The van der Waals surface area contributed by atoms with Gasteiger partial charge in [-0.15, -0.1) is 11.3 Å². The zero-order chi connectivity index (χ0) is 13.8.